The minimum Gasteiger partial charge on any atom is -0.376 e. The minimum absolute atomic E-state index is 0.00355. The average Bonchev–Trinajstić information content (AvgIpc) is 1.30. The lowest BCUT2D eigenvalue weighted by molar-refractivity contribution is 0.331. The Morgan fingerprint density at radius 3 is 1.39 bits per heavy atom. The maximum Gasteiger partial charge on any atom is 0.333 e. The fourth-order valence-corrected chi connectivity index (χ4v) is 17.8. The van der Waals surface area contributed by atoms with Crippen LogP contribution < -0.4 is 25.5 Å². The van der Waals surface area contributed by atoms with E-state index in [2.05, 4.69) is 324 Å². The van der Waals surface area contributed by atoms with Crippen molar-refractivity contribution >= 4 is 63.3 Å². The highest BCUT2D eigenvalue weighted by Gasteiger charge is 2.52. The zero-order valence-corrected chi connectivity index (χ0v) is 59.3. The van der Waals surface area contributed by atoms with E-state index in [9.17, 15) is 0 Å². The zero-order chi connectivity index (χ0) is 65.3. The summed E-state index contributed by atoms with van der Waals surface area (Å²) in [5.74, 6) is 0. The molecule has 0 aromatic heterocycles. The second-order valence-electron chi connectivity index (χ2n) is 35.6. The van der Waals surface area contributed by atoms with E-state index < -0.39 is 0 Å². The quantitative estimate of drug-likeness (QED) is 0.159. The molecule has 9 aromatic rings. The molecule has 6 aliphatic rings. The van der Waals surface area contributed by atoms with Crippen LogP contribution in [-0.2, 0) is 48.7 Å². The molecule has 4 aliphatic carbocycles. The number of hydrogen-bond donors (Lipinski definition) is 0. The first-order valence-electron chi connectivity index (χ1n) is 34.7. The van der Waals surface area contributed by atoms with Gasteiger partial charge in [-0.15, -0.1) is 0 Å². The van der Waals surface area contributed by atoms with Crippen LogP contribution in [0, 0.1) is 0 Å². The summed E-state index contributed by atoms with van der Waals surface area (Å²) in [6.45, 7) is 50.7. The molecular weight excluding hydrogens is 1110 g/mol. The van der Waals surface area contributed by atoms with Gasteiger partial charge in [-0.1, -0.05) is 224 Å². The highest BCUT2D eigenvalue weighted by atomic mass is 15.2. The predicted octanol–water partition coefficient (Wildman–Crippen LogP) is 23.1. The predicted molar refractivity (Wildman–Crippen MR) is 397 cm³/mol. The lowest BCUT2D eigenvalue weighted by Gasteiger charge is -2.48. The van der Waals surface area contributed by atoms with Crippen LogP contribution >= 0.6 is 0 Å². The monoisotopic (exact) mass is 1210 g/mol. The second-order valence-corrected chi connectivity index (χ2v) is 35.6. The van der Waals surface area contributed by atoms with Crippen LogP contribution in [0.1, 0.15) is 232 Å². The molecule has 0 amide bonds. The maximum absolute atomic E-state index is 2.85. The largest absolute Gasteiger partial charge is 0.376 e. The zero-order valence-electron chi connectivity index (χ0n) is 59.3. The van der Waals surface area contributed by atoms with Crippen molar-refractivity contribution in [2.45, 2.75) is 220 Å². The van der Waals surface area contributed by atoms with E-state index in [0.717, 1.165) is 29.2 Å². The molecule has 0 radical (unpaired) electrons. The van der Waals surface area contributed by atoms with E-state index in [0.29, 0.717) is 0 Å². The highest BCUT2D eigenvalue weighted by molar-refractivity contribution is 6.93. The molecule has 92 heavy (non-hydrogen) atoms. The molecule has 0 spiro atoms. The molecule has 0 bridgehead atoms. The second kappa shape index (κ2) is 19.5. The molecule has 0 saturated heterocycles. The minimum atomic E-state index is -0.304. The molecule has 3 nitrogen and oxygen atoms in total. The third kappa shape index (κ3) is 8.93. The van der Waals surface area contributed by atoms with Crippen LogP contribution in [0.25, 0.3) is 33.4 Å². The van der Waals surface area contributed by atoms with E-state index in [4.69, 9.17) is 0 Å². The van der Waals surface area contributed by atoms with Crippen molar-refractivity contribution in [2.75, 3.05) is 14.6 Å². The Balaban J connectivity index is 1.08. The van der Waals surface area contributed by atoms with Gasteiger partial charge in [0.25, 0.3) is 0 Å². The Hall–Kier alpha value is -7.56. The lowest BCUT2D eigenvalue weighted by atomic mass is 9.42. The van der Waals surface area contributed by atoms with Crippen molar-refractivity contribution in [3.8, 4) is 33.4 Å². The Kier molecular flexibility index (Phi) is 12.9. The molecule has 468 valence electrons. The number of hydrogen-bond acceptors (Lipinski definition) is 3. The Labute approximate surface area is 552 Å². The van der Waals surface area contributed by atoms with Crippen molar-refractivity contribution in [3.05, 3.63) is 225 Å². The molecule has 2 heterocycles. The van der Waals surface area contributed by atoms with Gasteiger partial charge in [-0.2, -0.15) is 0 Å². The Morgan fingerprint density at radius 1 is 0.348 bits per heavy atom. The van der Waals surface area contributed by atoms with E-state index in [1.807, 2.05) is 0 Å². The first-order chi connectivity index (χ1) is 43.0. The van der Waals surface area contributed by atoms with Gasteiger partial charge >= 0.3 is 6.85 Å². The molecule has 2 aliphatic heterocycles. The summed E-state index contributed by atoms with van der Waals surface area (Å²) < 4.78 is 0. The van der Waals surface area contributed by atoms with Gasteiger partial charge in [-0.05, 0) is 248 Å². The first-order valence-corrected chi connectivity index (χ1v) is 34.7. The molecule has 0 saturated carbocycles. The fourth-order valence-electron chi connectivity index (χ4n) is 17.8. The molecule has 0 N–H and O–H groups in total. The average molecular weight is 1210 g/mol. The Morgan fingerprint density at radius 2 is 0.826 bits per heavy atom. The van der Waals surface area contributed by atoms with Gasteiger partial charge in [0, 0.05) is 61.9 Å². The SMILES string of the molecule is CC(C)(C)c1ccc(N(c2ccc(C(C)(C)C)cc2)c2ccc3c(c2)N(c2ccc(C(C)(C)C)cc2)c2cc4c(c5c2B3N(c2ccc3c(c2)C(C)(C)CCC3(C)C)c2cc3c(cc2-5)-c2cc5c(cc2C3(C)C)C(C)(C)CCC5(C)C)C(C)(C)c2ccccc2-4)cc1. The summed E-state index contributed by atoms with van der Waals surface area (Å²) in [5.41, 5.74) is 35.8. The van der Waals surface area contributed by atoms with Gasteiger partial charge in [-0.3, -0.25) is 0 Å². The summed E-state index contributed by atoms with van der Waals surface area (Å²) in [5, 5.41) is 0. The van der Waals surface area contributed by atoms with Gasteiger partial charge in [0.05, 0.1) is 0 Å². The third-order valence-electron chi connectivity index (χ3n) is 23.8. The maximum atomic E-state index is 2.85. The molecule has 0 unspecified atom stereocenters. The molecule has 4 heteroatoms. The Bertz CT molecular complexity index is 4500. The number of anilines is 8. The molecule has 0 atom stereocenters. The molecular formula is C88H98BN3. The van der Waals surface area contributed by atoms with Gasteiger partial charge in [-0.25, -0.2) is 0 Å². The van der Waals surface area contributed by atoms with Gasteiger partial charge in [0.2, 0.25) is 0 Å². The normalized spacial score (nSPS) is 18.6. The van der Waals surface area contributed by atoms with Gasteiger partial charge in [0.1, 0.15) is 0 Å². The number of rotatable bonds is 5. The third-order valence-corrected chi connectivity index (χ3v) is 23.8. The standard InChI is InChI=1S/C88H98BN3/c1-80(2,3)53-26-32-56(33-27-53)90(57-34-28-54(29-35-57)81(4,5)6)59-39-41-73-75(47-59)91(58-36-30-55(31-37-58)82(7,8)9)76-50-64-61-24-22-23-25-66(61)88(20,21)78(64)77-65-48-62-63-49-71-72(86(16,17)45-44-85(71,14)15)51-68(63)87(18,19)69(62)52-74(65)92(89(73)79(76)77)60-38-40-67-70(46-60)84(12,13)43-42-83(67,10)11/h22-41,46-52H,42-45H2,1-21H3. The molecule has 9 aromatic carbocycles. The van der Waals surface area contributed by atoms with E-state index >= 15 is 0 Å². The molecule has 15 rings (SSSR count). The fraction of sp³-hybridized carbons (Fsp3) is 0.386. The van der Waals surface area contributed by atoms with Crippen LogP contribution in [0.4, 0.5) is 45.5 Å². The van der Waals surface area contributed by atoms with Crippen molar-refractivity contribution in [1.82, 2.24) is 0 Å². The highest BCUT2D eigenvalue weighted by Crippen LogP contribution is 2.62. The van der Waals surface area contributed by atoms with E-state index in [-0.39, 0.29) is 55.6 Å². The summed E-state index contributed by atoms with van der Waals surface area (Å²) >= 11 is 0. The smallest absolute Gasteiger partial charge is 0.333 e. The van der Waals surface area contributed by atoms with Gasteiger partial charge in [0.15, 0.2) is 0 Å². The number of benzene rings is 9. The van der Waals surface area contributed by atoms with Crippen LogP contribution in [-0.4, -0.2) is 6.85 Å². The van der Waals surface area contributed by atoms with Crippen molar-refractivity contribution in [1.29, 1.82) is 0 Å². The number of nitrogens with zero attached hydrogens (tertiary/aromatic N) is 3. The first kappa shape index (κ1) is 60.7. The van der Waals surface area contributed by atoms with Crippen LogP contribution in [0.15, 0.2) is 164 Å². The lowest BCUT2D eigenvalue weighted by Crippen LogP contribution is -2.62. The summed E-state index contributed by atoms with van der Waals surface area (Å²) in [6, 6.07) is 66.4. The van der Waals surface area contributed by atoms with E-state index in [1.54, 1.807) is 0 Å². The van der Waals surface area contributed by atoms with Crippen molar-refractivity contribution in [2.24, 2.45) is 0 Å². The van der Waals surface area contributed by atoms with Crippen molar-refractivity contribution in [3.63, 3.8) is 0 Å². The summed E-state index contributed by atoms with van der Waals surface area (Å²) in [4.78, 5) is 8.04. The molecule has 0 fully saturated rings. The van der Waals surface area contributed by atoms with Crippen LogP contribution in [0.2, 0.25) is 0 Å². The van der Waals surface area contributed by atoms with Crippen LogP contribution in [0.3, 0.4) is 0 Å². The number of fused-ring (bicyclic) bond motifs is 13. The van der Waals surface area contributed by atoms with E-state index in [1.165, 1.54) is 148 Å². The summed E-state index contributed by atoms with van der Waals surface area (Å²) in [7, 11) is 0. The van der Waals surface area contributed by atoms with Crippen LogP contribution in [0.5, 0.6) is 0 Å². The van der Waals surface area contributed by atoms with Crippen molar-refractivity contribution < 1.29 is 0 Å². The van der Waals surface area contributed by atoms with Gasteiger partial charge < -0.3 is 14.6 Å². The summed E-state index contributed by atoms with van der Waals surface area (Å²) in [6.07, 6.45) is 4.68. The topological polar surface area (TPSA) is 9.72 Å².